The fourth-order valence-electron chi connectivity index (χ4n) is 4.30. The van der Waals surface area contributed by atoms with Crippen LogP contribution in [0.25, 0.3) is 10.4 Å². The normalized spacial score (nSPS) is 16.8. The van der Waals surface area contributed by atoms with Gasteiger partial charge in [0.15, 0.2) is 0 Å². The average Bonchev–Trinajstić information content (AvgIpc) is 3.52. The lowest BCUT2D eigenvalue weighted by molar-refractivity contribution is -0.120. The molecule has 6 nitrogen and oxygen atoms in total. The Kier molecular flexibility index (Phi) is 8.11. The number of rotatable bonds is 8. The second-order valence-electron chi connectivity index (χ2n) is 8.90. The molecule has 0 spiro atoms. The van der Waals surface area contributed by atoms with Gasteiger partial charge in [-0.05, 0) is 55.7 Å². The summed E-state index contributed by atoms with van der Waals surface area (Å²) >= 11 is 2.92. The summed E-state index contributed by atoms with van der Waals surface area (Å²) < 4.78 is 14.2. The number of aromatic nitrogens is 2. The molecule has 1 N–H and O–H groups in total. The molecule has 2 amide bonds. The fourth-order valence-corrected chi connectivity index (χ4v) is 6.19. The first-order valence-corrected chi connectivity index (χ1v) is 13.5. The van der Waals surface area contributed by atoms with Crippen molar-refractivity contribution in [3.63, 3.8) is 0 Å². The molecule has 4 rings (SSSR count). The summed E-state index contributed by atoms with van der Waals surface area (Å²) in [5.74, 6) is -1.16. The van der Waals surface area contributed by atoms with E-state index in [1.165, 1.54) is 17.4 Å². The van der Waals surface area contributed by atoms with Crippen LogP contribution in [0.5, 0.6) is 0 Å². The zero-order valence-corrected chi connectivity index (χ0v) is 22.3. The van der Waals surface area contributed by atoms with Gasteiger partial charge < -0.3 is 10.2 Å². The SMILES string of the molecule is CCN(C)C(=O)c1ccc(-c2ccc([C@@H](C3C=CC=C(F)C3)[C@@H](C)C(=O)Nc3nnc(C)s3)s2)cc1. The molecule has 1 aromatic carbocycles. The summed E-state index contributed by atoms with van der Waals surface area (Å²) in [6.45, 7) is 6.29. The van der Waals surface area contributed by atoms with Crippen LogP contribution in [0.1, 0.15) is 46.4 Å². The maximum Gasteiger partial charge on any atom is 0.253 e. The highest BCUT2D eigenvalue weighted by atomic mass is 32.1. The lowest BCUT2D eigenvalue weighted by Crippen LogP contribution is -2.29. The van der Waals surface area contributed by atoms with E-state index in [1.807, 2.05) is 63.2 Å². The number of halogens is 1. The van der Waals surface area contributed by atoms with E-state index in [2.05, 4.69) is 15.5 Å². The molecule has 2 aromatic heterocycles. The smallest absolute Gasteiger partial charge is 0.253 e. The highest BCUT2D eigenvalue weighted by Gasteiger charge is 2.34. The molecular formula is C27H29FN4O2S2. The van der Waals surface area contributed by atoms with Crippen LogP contribution in [0.3, 0.4) is 0 Å². The Bertz CT molecular complexity index is 1300. The van der Waals surface area contributed by atoms with Gasteiger partial charge in [0, 0.05) is 47.2 Å². The predicted molar refractivity (Wildman–Crippen MR) is 144 cm³/mol. The number of nitrogens with one attached hydrogen (secondary N) is 1. The van der Waals surface area contributed by atoms with Gasteiger partial charge in [-0.3, -0.25) is 9.59 Å². The van der Waals surface area contributed by atoms with E-state index >= 15 is 0 Å². The lowest BCUT2D eigenvalue weighted by Gasteiger charge is -2.29. The molecule has 1 unspecified atom stereocenters. The van der Waals surface area contributed by atoms with Gasteiger partial charge in [0.1, 0.15) is 10.8 Å². The second kappa shape index (κ2) is 11.3. The second-order valence-corrected chi connectivity index (χ2v) is 11.2. The molecule has 3 aromatic rings. The highest BCUT2D eigenvalue weighted by molar-refractivity contribution is 7.15. The Labute approximate surface area is 218 Å². The van der Waals surface area contributed by atoms with Crippen LogP contribution in [0.2, 0.25) is 0 Å². The first kappa shape index (κ1) is 25.9. The van der Waals surface area contributed by atoms with Crippen LogP contribution < -0.4 is 5.32 Å². The van der Waals surface area contributed by atoms with Crippen LogP contribution in [0.4, 0.5) is 9.52 Å². The fraction of sp³-hybridized carbons (Fsp3) is 0.333. The van der Waals surface area contributed by atoms with Crippen LogP contribution >= 0.6 is 22.7 Å². The average molecular weight is 525 g/mol. The molecule has 0 aliphatic heterocycles. The van der Waals surface area contributed by atoms with E-state index in [0.29, 0.717) is 17.2 Å². The van der Waals surface area contributed by atoms with Gasteiger partial charge in [-0.1, -0.05) is 42.5 Å². The Morgan fingerprint density at radius 1 is 1.17 bits per heavy atom. The lowest BCUT2D eigenvalue weighted by atomic mass is 9.77. The van der Waals surface area contributed by atoms with Gasteiger partial charge in [0.25, 0.3) is 5.91 Å². The van der Waals surface area contributed by atoms with Crippen LogP contribution in [0.15, 0.2) is 60.5 Å². The first-order chi connectivity index (χ1) is 17.3. The Balaban J connectivity index is 1.59. The molecule has 0 saturated carbocycles. The summed E-state index contributed by atoms with van der Waals surface area (Å²) in [5, 5.41) is 12.1. The van der Waals surface area contributed by atoms with E-state index in [0.717, 1.165) is 20.3 Å². The van der Waals surface area contributed by atoms with Crippen molar-refractivity contribution in [1.82, 2.24) is 15.1 Å². The maximum atomic E-state index is 14.2. The van der Waals surface area contributed by atoms with E-state index in [4.69, 9.17) is 0 Å². The molecule has 0 bridgehead atoms. The molecule has 188 valence electrons. The van der Waals surface area contributed by atoms with Crippen LogP contribution in [-0.4, -0.2) is 40.5 Å². The van der Waals surface area contributed by atoms with Crippen molar-refractivity contribution in [3.8, 4) is 10.4 Å². The first-order valence-electron chi connectivity index (χ1n) is 11.9. The van der Waals surface area contributed by atoms with Crippen molar-refractivity contribution < 1.29 is 14.0 Å². The molecule has 1 aliphatic carbocycles. The Morgan fingerprint density at radius 3 is 2.56 bits per heavy atom. The maximum absolute atomic E-state index is 14.2. The number of allylic oxidation sites excluding steroid dienone is 4. The predicted octanol–water partition coefficient (Wildman–Crippen LogP) is 6.45. The monoisotopic (exact) mass is 524 g/mol. The molecule has 9 heteroatoms. The van der Waals surface area contributed by atoms with Crippen LogP contribution in [-0.2, 0) is 4.79 Å². The number of aryl methyl sites for hydroxylation is 1. The number of carbonyl (C=O) groups excluding carboxylic acids is 2. The summed E-state index contributed by atoms with van der Waals surface area (Å²) in [4.78, 5) is 29.3. The standard InChI is InChI=1S/C27H29FN4O2S2/c1-5-32(4)26(34)19-11-9-18(10-12-19)22-13-14-23(36-22)24(20-7-6-8-21(28)15-20)16(2)25(33)29-27-31-30-17(3)35-27/h6-14,16,20,24H,5,15H2,1-4H3,(H,29,31,33)/t16-,20?,24-/m1/s1. The Morgan fingerprint density at radius 2 is 1.92 bits per heavy atom. The zero-order valence-electron chi connectivity index (χ0n) is 20.7. The number of carbonyl (C=O) groups is 2. The molecule has 0 radical (unpaired) electrons. The van der Waals surface area contributed by atoms with E-state index in [-0.39, 0.29) is 35.9 Å². The van der Waals surface area contributed by atoms with Crippen molar-refractivity contribution in [2.24, 2.45) is 11.8 Å². The minimum absolute atomic E-state index is 0.0133. The summed E-state index contributed by atoms with van der Waals surface area (Å²) in [5.41, 5.74) is 1.64. The molecule has 3 atom stereocenters. The topological polar surface area (TPSA) is 75.2 Å². The van der Waals surface area contributed by atoms with E-state index < -0.39 is 5.92 Å². The third kappa shape index (κ3) is 5.79. The quantitative estimate of drug-likeness (QED) is 0.367. The van der Waals surface area contributed by atoms with Gasteiger partial charge in [-0.15, -0.1) is 21.5 Å². The van der Waals surface area contributed by atoms with Gasteiger partial charge in [0.05, 0.1) is 0 Å². The highest BCUT2D eigenvalue weighted by Crippen LogP contribution is 2.43. The van der Waals surface area contributed by atoms with Crippen LogP contribution in [0, 0.1) is 18.8 Å². The van der Waals surface area contributed by atoms with Gasteiger partial charge >= 0.3 is 0 Å². The third-order valence-corrected chi connectivity index (χ3v) is 8.42. The number of thiophene rings is 1. The summed E-state index contributed by atoms with van der Waals surface area (Å²) in [7, 11) is 1.78. The van der Waals surface area contributed by atoms with E-state index in [9.17, 15) is 14.0 Å². The summed E-state index contributed by atoms with van der Waals surface area (Å²) in [6, 6.07) is 11.6. The molecule has 36 heavy (non-hydrogen) atoms. The zero-order chi connectivity index (χ0) is 25.8. The number of nitrogens with zero attached hydrogens (tertiary/aromatic N) is 3. The number of hydrogen-bond donors (Lipinski definition) is 1. The van der Waals surface area contributed by atoms with Crippen molar-refractivity contribution in [1.29, 1.82) is 0 Å². The molecular weight excluding hydrogens is 495 g/mol. The molecule has 0 fully saturated rings. The molecule has 1 aliphatic rings. The van der Waals surface area contributed by atoms with Gasteiger partial charge in [-0.2, -0.15) is 0 Å². The minimum Gasteiger partial charge on any atom is -0.342 e. The number of hydrogen-bond acceptors (Lipinski definition) is 6. The summed E-state index contributed by atoms with van der Waals surface area (Å²) in [6.07, 6.45) is 5.44. The molecule has 0 saturated heterocycles. The van der Waals surface area contributed by atoms with Crippen molar-refractivity contribution in [2.75, 3.05) is 18.9 Å². The Hall–Kier alpha value is -3.17. The third-order valence-electron chi connectivity index (χ3n) is 6.43. The van der Waals surface area contributed by atoms with E-state index in [1.54, 1.807) is 29.4 Å². The number of amides is 2. The van der Waals surface area contributed by atoms with Crippen molar-refractivity contribution >= 4 is 39.6 Å². The minimum atomic E-state index is -0.425. The molecule has 2 heterocycles. The largest absolute Gasteiger partial charge is 0.342 e. The van der Waals surface area contributed by atoms with Crippen molar-refractivity contribution in [3.05, 3.63) is 75.9 Å². The number of benzene rings is 1. The van der Waals surface area contributed by atoms with Gasteiger partial charge in [0.2, 0.25) is 11.0 Å². The number of anilines is 1. The van der Waals surface area contributed by atoms with Gasteiger partial charge in [-0.25, -0.2) is 4.39 Å². The van der Waals surface area contributed by atoms with Crippen molar-refractivity contribution in [2.45, 2.75) is 33.1 Å².